The van der Waals surface area contributed by atoms with Crippen molar-refractivity contribution in [2.75, 3.05) is 0 Å². The minimum Gasteiger partial charge on any atom is -0.358 e. The van der Waals surface area contributed by atoms with E-state index in [9.17, 15) is 4.79 Å². The Balaban J connectivity index is 1.45. The maximum absolute atomic E-state index is 12.0. The van der Waals surface area contributed by atoms with Gasteiger partial charge in [0.25, 0.3) is 0 Å². The molecule has 3 aromatic heterocycles. The van der Waals surface area contributed by atoms with Gasteiger partial charge in [0.2, 0.25) is 5.91 Å². The SMILES string of the molecule is Cc1[nH]c2ccccc2c1/C=N/NC(=O)Cc1cn2ccsc2n1. The molecule has 0 unspecified atom stereocenters. The lowest BCUT2D eigenvalue weighted by Gasteiger charge is -1.97. The van der Waals surface area contributed by atoms with Crippen molar-refractivity contribution in [3.63, 3.8) is 0 Å². The molecule has 0 aliphatic heterocycles. The summed E-state index contributed by atoms with van der Waals surface area (Å²) < 4.78 is 1.91. The summed E-state index contributed by atoms with van der Waals surface area (Å²) in [6.07, 6.45) is 5.67. The number of thiazole rings is 1. The number of aryl methyl sites for hydroxylation is 1. The molecule has 2 N–H and O–H groups in total. The molecule has 0 spiro atoms. The van der Waals surface area contributed by atoms with Crippen LogP contribution in [-0.4, -0.2) is 26.5 Å². The van der Waals surface area contributed by atoms with Gasteiger partial charge in [-0.1, -0.05) is 18.2 Å². The zero-order valence-corrected chi connectivity index (χ0v) is 13.8. The van der Waals surface area contributed by atoms with Crippen molar-refractivity contribution in [1.82, 2.24) is 19.8 Å². The molecule has 0 bridgehead atoms. The molecule has 120 valence electrons. The first kappa shape index (κ1) is 14.6. The van der Waals surface area contributed by atoms with E-state index >= 15 is 0 Å². The molecule has 4 rings (SSSR count). The molecule has 0 fully saturated rings. The van der Waals surface area contributed by atoms with Crippen LogP contribution in [0.5, 0.6) is 0 Å². The summed E-state index contributed by atoms with van der Waals surface area (Å²) in [5, 5.41) is 7.13. The van der Waals surface area contributed by atoms with E-state index in [1.54, 1.807) is 17.6 Å². The van der Waals surface area contributed by atoms with Crippen LogP contribution in [0.3, 0.4) is 0 Å². The molecule has 0 aliphatic rings. The third-order valence-electron chi connectivity index (χ3n) is 3.81. The first-order valence-corrected chi connectivity index (χ1v) is 8.39. The molecule has 6 nitrogen and oxygen atoms in total. The second kappa shape index (κ2) is 5.93. The third-order valence-corrected chi connectivity index (χ3v) is 4.58. The van der Waals surface area contributed by atoms with Gasteiger partial charge in [0.1, 0.15) is 0 Å². The van der Waals surface area contributed by atoms with Gasteiger partial charge in [0.05, 0.1) is 18.3 Å². The molecule has 0 radical (unpaired) electrons. The number of aromatic amines is 1. The molecule has 0 saturated heterocycles. The fraction of sp³-hybridized carbons (Fsp3) is 0.118. The largest absolute Gasteiger partial charge is 0.358 e. The normalized spacial score (nSPS) is 11.7. The van der Waals surface area contributed by atoms with Crippen molar-refractivity contribution in [2.24, 2.45) is 5.10 Å². The van der Waals surface area contributed by atoms with Gasteiger partial charge in [-0.2, -0.15) is 5.10 Å². The minimum atomic E-state index is -0.186. The van der Waals surface area contributed by atoms with E-state index in [4.69, 9.17) is 0 Å². The van der Waals surface area contributed by atoms with Crippen molar-refractivity contribution < 1.29 is 4.79 Å². The van der Waals surface area contributed by atoms with Gasteiger partial charge in [-0.05, 0) is 13.0 Å². The highest BCUT2D eigenvalue weighted by atomic mass is 32.1. The van der Waals surface area contributed by atoms with Crippen molar-refractivity contribution in [3.8, 4) is 0 Å². The van der Waals surface area contributed by atoms with Crippen molar-refractivity contribution in [1.29, 1.82) is 0 Å². The number of imidazole rings is 1. The lowest BCUT2D eigenvalue weighted by Crippen LogP contribution is -2.20. The highest BCUT2D eigenvalue weighted by molar-refractivity contribution is 7.15. The second-order valence-corrected chi connectivity index (χ2v) is 6.38. The van der Waals surface area contributed by atoms with Gasteiger partial charge in [0.15, 0.2) is 4.96 Å². The van der Waals surface area contributed by atoms with Crippen molar-refractivity contribution in [3.05, 3.63) is 59.0 Å². The quantitative estimate of drug-likeness (QED) is 0.444. The number of hydrazone groups is 1. The zero-order chi connectivity index (χ0) is 16.5. The zero-order valence-electron chi connectivity index (χ0n) is 13.0. The first-order valence-electron chi connectivity index (χ1n) is 7.51. The molecular weight excluding hydrogens is 322 g/mol. The Bertz CT molecular complexity index is 1030. The number of amides is 1. The molecule has 1 amide bonds. The van der Waals surface area contributed by atoms with Gasteiger partial charge in [-0.15, -0.1) is 11.3 Å². The number of H-pyrrole nitrogens is 1. The number of para-hydroxylation sites is 1. The predicted molar refractivity (Wildman–Crippen MR) is 95.5 cm³/mol. The first-order chi connectivity index (χ1) is 11.7. The summed E-state index contributed by atoms with van der Waals surface area (Å²) in [6, 6.07) is 8.01. The van der Waals surface area contributed by atoms with Crippen molar-refractivity contribution >= 4 is 39.3 Å². The summed E-state index contributed by atoms with van der Waals surface area (Å²) in [6.45, 7) is 1.99. The minimum absolute atomic E-state index is 0.186. The number of aromatic nitrogens is 3. The Kier molecular flexibility index (Phi) is 3.62. The van der Waals surface area contributed by atoms with Crippen molar-refractivity contribution in [2.45, 2.75) is 13.3 Å². The Hall–Kier alpha value is -2.93. The molecular formula is C17H15N5OS. The van der Waals surface area contributed by atoms with Gasteiger partial charge in [0, 0.05) is 39.9 Å². The summed E-state index contributed by atoms with van der Waals surface area (Å²) in [4.78, 5) is 20.6. The molecule has 0 saturated carbocycles. The molecule has 24 heavy (non-hydrogen) atoms. The molecule has 0 aliphatic carbocycles. The average Bonchev–Trinajstić information content (AvgIpc) is 3.21. The number of nitrogens with zero attached hydrogens (tertiary/aromatic N) is 3. The summed E-state index contributed by atoms with van der Waals surface area (Å²) in [7, 11) is 0. The van der Waals surface area contributed by atoms with Crippen LogP contribution in [0, 0.1) is 6.92 Å². The van der Waals surface area contributed by atoms with Crippen LogP contribution in [0.15, 0.2) is 47.1 Å². The van der Waals surface area contributed by atoms with Gasteiger partial charge in [-0.25, -0.2) is 10.4 Å². The number of carbonyl (C=O) groups is 1. The van der Waals surface area contributed by atoms with E-state index in [0.717, 1.165) is 32.8 Å². The van der Waals surface area contributed by atoms with Gasteiger partial charge >= 0.3 is 0 Å². The Morgan fingerprint density at radius 1 is 1.46 bits per heavy atom. The fourth-order valence-electron chi connectivity index (χ4n) is 2.70. The van der Waals surface area contributed by atoms with E-state index in [2.05, 4.69) is 20.5 Å². The molecule has 0 atom stereocenters. The van der Waals surface area contributed by atoms with Crippen LogP contribution in [0.1, 0.15) is 17.0 Å². The van der Waals surface area contributed by atoms with Crippen LogP contribution in [0.2, 0.25) is 0 Å². The maximum Gasteiger partial charge on any atom is 0.246 e. The number of rotatable bonds is 4. The van der Waals surface area contributed by atoms with Gasteiger partial charge < -0.3 is 4.98 Å². The van der Waals surface area contributed by atoms with E-state index in [-0.39, 0.29) is 12.3 Å². The predicted octanol–water partition coefficient (Wildman–Crippen LogP) is 2.88. The highest BCUT2D eigenvalue weighted by Crippen LogP contribution is 2.19. The van der Waals surface area contributed by atoms with Gasteiger partial charge in [-0.3, -0.25) is 9.20 Å². The van der Waals surface area contributed by atoms with E-state index in [1.807, 2.05) is 53.4 Å². The van der Waals surface area contributed by atoms with E-state index in [0.29, 0.717) is 0 Å². The topological polar surface area (TPSA) is 74.5 Å². The van der Waals surface area contributed by atoms with E-state index < -0.39 is 0 Å². The Morgan fingerprint density at radius 2 is 2.33 bits per heavy atom. The fourth-order valence-corrected chi connectivity index (χ4v) is 3.42. The van der Waals surface area contributed by atoms with Crippen LogP contribution in [-0.2, 0) is 11.2 Å². The second-order valence-electron chi connectivity index (χ2n) is 5.50. The van der Waals surface area contributed by atoms with Crippen LogP contribution >= 0.6 is 11.3 Å². The molecule has 4 aromatic rings. The number of carbonyl (C=O) groups excluding carboxylic acids is 1. The number of hydrogen-bond donors (Lipinski definition) is 2. The number of hydrogen-bond acceptors (Lipinski definition) is 4. The molecule has 3 heterocycles. The smallest absolute Gasteiger partial charge is 0.246 e. The lowest BCUT2D eigenvalue weighted by molar-refractivity contribution is -0.120. The number of nitrogens with one attached hydrogen (secondary N) is 2. The summed E-state index contributed by atoms with van der Waals surface area (Å²) in [5.74, 6) is -0.186. The summed E-state index contributed by atoms with van der Waals surface area (Å²) >= 11 is 1.54. The van der Waals surface area contributed by atoms with Crippen LogP contribution in [0.25, 0.3) is 15.9 Å². The average molecular weight is 337 g/mol. The highest BCUT2D eigenvalue weighted by Gasteiger charge is 2.08. The molecule has 7 heteroatoms. The Morgan fingerprint density at radius 3 is 3.21 bits per heavy atom. The number of fused-ring (bicyclic) bond motifs is 2. The van der Waals surface area contributed by atoms with Crippen LogP contribution < -0.4 is 5.43 Å². The Labute approximate surface area is 141 Å². The monoisotopic (exact) mass is 337 g/mol. The van der Waals surface area contributed by atoms with Crippen LogP contribution in [0.4, 0.5) is 0 Å². The summed E-state index contributed by atoms with van der Waals surface area (Å²) in [5.41, 5.74) is 6.36. The lowest BCUT2D eigenvalue weighted by atomic mass is 10.1. The standard InChI is InChI=1S/C17H15N5OS/c1-11-14(13-4-2-3-5-15(13)19-11)9-18-21-16(23)8-12-10-22-6-7-24-17(22)20-12/h2-7,9-10,19H,8H2,1H3,(H,21,23)/b18-9+. The maximum atomic E-state index is 12.0. The van der Waals surface area contributed by atoms with E-state index in [1.165, 1.54) is 0 Å². The number of benzene rings is 1. The molecule has 1 aromatic carbocycles. The third kappa shape index (κ3) is 2.69.